The number of nitrogens with one attached hydrogen (secondary N) is 1. The van der Waals surface area contributed by atoms with Crippen molar-refractivity contribution in [1.29, 1.82) is 5.26 Å². The second-order valence-corrected chi connectivity index (χ2v) is 3.51. The van der Waals surface area contributed by atoms with E-state index >= 15 is 0 Å². The van der Waals surface area contributed by atoms with Crippen LogP contribution in [0.2, 0.25) is 0 Å². The normalized spacial score (nSPS) is 9.88. The average Bonchev–Trinajstić information content (AvgIpc) is 2.79. The summed E-state index contributed by atoms with van der Waals surface area (Å²) in [6.07, 6.45) is 2.52. The fourth-order valence-electron chi connectivity index (χ4n) is 1.49. The molecule has 1 N–H and O–H groups in total. The number of halogens is 1. The topological polar surface area (TPSA) is 69.5 Å². The number of rotatable bonds is 3. The predicted molar refractivity (Wildman–Crippen MR) is 57.9 cm³/mol. The molecule has 0 aliphatic rings. The number of benzene rings is 1. The Hall–Kier alpha value is -2.48. The molecule has 0 aliphatic heterocycles. The SMILES string of the molecule is N#Cc1cc(Cc2ncc(C=O)[nH]2)ccc1F. The van der Waals surface area contributed by atoms with E-state index in [1.54, 1.807) is 12.1 Å². The quantitative estimate of drug-likeness (QED) is 0.816. The number of H-pyrrole nitrogens is 1. The van der Waals surface area contributed by atoms with Crippen molar-refractivity contribution in [1.82, 2.24) is 9.97 Å². The Kier molecular flexibility index (Phi) is 2.97. The highest BCUT2D eigenvalue weighted by molar-refractivity contribution is 5.71. The van der Waals surface area contributed by atoms with E-state index in [0.29, 0.717) is 24.2 Å². The van der Waals surface area contributed by atoms with Crippen LogP contribution >= 0.6 is 0 Å². The zero-order valence-corrected chi connectivity index (χ0v) is 8.77. The maximum Gasteiger partial charge on any atom is 0.167 e. The first-order chi connectivity index (χ1) is 8.22. The van der Waals surface area contributed by atoms with Crippen LogP contribution in [-0.4, -0.2) is 16.3 Å². The Balaban J connectivity index is 2.24. The number of aromatic amines is 1. The summed E-state index contributed by atoms with van der Waals surface area (Å²) in [5.41, 5.74) is 1.15. The molecule has 0 spiro atoms. The lowest BCUT2D eigenvalue weighted by atomic mass is 10.1. The highest BCUT2D eigenvalue weighted by Crippen LogP contribution is 2.12. The molecular formula is C12H8FN3O. The van der Waals surface area contributed by atoms with Crippen molar-refractivity contribution in [3.05, 3.63) is 52.9 Å². The van der Waals surface area contributed by atoms with E-state index in [9.17, 15) is 9.18 Å². The number of hydrogen-bond donors (Lipinski definition) is 1. The van der Waals surface area contributed by atoms with Gasteiger partial charge >= 0.3 is 0 Å². The predicted octanol–water partition coefficient (Wildman–Crippen LogP) is 1.82. The molecule has 1 aromatic carbocycles. The lowest BCUT2D eigenvalue weighted by Crippen LogP contribution is -1.93. The van der Waals surface area contributed by atoms with Gasteiger partial charge in [0.15, 0.2) is 6.29 Å². The summed E-state index contributed by atoms with van der Waals surface area (Å²) in [5.74, 6) is 0.0619. The Labute approximate surface area is 96.7 Å². The third-order valence-corrected chi connectivity index (χ3v) is 2.30. The second-order valence-electron chi connectivity index (χ2n) is 3.51. The molecule has 0 aliphatic carbocycles. The summed E-state index contributed by atoms with van der Waals surface area (Å²) in [6, 6.07) is 6.08. The zero-order valence-electron chi connectivity index (χ0n) is 8.77. The van der Waals surface area contributed by atoms with Crippen molar-refractivity contribution in [3.8, 4) is 6.07 Å². The lowest BCUT2D eigenvalue weighted by Gasteiger charge is -2.00. The number of carbonyl (C=O) groups is 1. The first kappa shape index (κ1) is 11.0. The van der Waals surface area contributed by atoms with E-state index in [1.807, 2.05) is 0 Å². The highest BCUT2D eigenvalue weighted by atomic mass is 19.1. The molecule has 0 radical (unpaired) electrons. The minimum Gasteiger partial charge on any atom is -0.340 e. The van der Waals surface area contributed by atoms with Crippen LogP contribution in [0.5, 0.6) is 0 Å². The Bertz CT molecular complexity index is 598. The van der Waals surface area contributed by atoms with Gasteiger partial charge in [-0.1, -0.05) is 6.07 Å². The first-order valence-electron chi connectivity index (χ1n) is 4.90. The van der Waals surface area contributed by atoms with E-state index in [0.717, 1.165) is 5.56 Å². The van der Waals surface area contributed by atoms with Gasteiger partial charge in [0.1, 0.15) is 17.7 Å². The number of carbonyl (C=O) groups excluding carboxylic acids is 1. The molecule has 4 nitrogen and oxygen atoms in total. The molecule has 0 unspecified atom stereocenters. The van der Waals surface area contributed by atoms with Gasteiger partial charge in [0.25, 0.3) is 0 Å². The fourth-order valence-corrected chi connectivity index (χ4v) is 1.49. The number of hydrogen-bond acceptors (Lipinski definition) is 3. The fraction of sp³-hybridized carbons (Fsp3) is 0.0833. The third kappa shape index (κ3) is 2.37. The zero-order chi connectivity index (χ0) is 12.3. The molecule has 17 heavy (non-hydrogen) atoms. The summed E-state index contributed by atoms with van der Waals surface area (Å²) >= 11 is 0. The second kappa shape index (κ2) is 4.58. The Morgan fingerprint density at radius 2 is 2.35 bits per heavy atom. The van der Waals surface area contributed by atoms with Crippen molar-refractivity contribution in [3.63, 3.8) is 0 Å². The minimum absolute atomic E-state index is 0.00432. The number of nitrogens with zero attached hydrogens (tertiary/aromatic N) is 2. The van der Waals surface area contributed by atoms with E-state index < -0.39 is 5.82 Å². The maximum atomic E-state index is 13.1. The number of aromatic nitrogens is 2. The lowest BCUT2D eigenvalue weighted by molar-refractivity contribution is 0.111. The monoisotopic (exact) mass is 229 g/mol. The maximum absolute atomic E-state index is 13.1. The molecule has 0 saturated carbocycles. The third-order valence-electron chi connectivity index (χ3n) is 2.30. The van der Waals surface area contributed by atoms with Gasteiger partial charge in [-0.2, -0.15) is 5.26 Å². The van der Waals surface area contributed by atoms with Crippen LogP contribution in [0.1, 0.15) is 27.4 Å². The Morgan fingerprint density at radius 3 is 3.00 bits per heavy atom. The van der Waals surface area contributed by atoms with Crippen molar-refractivity contribution < 1.29 is 9.18 Å². The standard InChI is InChI=1S/C12H8FN3O/c13-11-2-1-8(3-9(11)5-14)4-12-15-6-10(7-17)16-12/h1-3,6-7H,4H2,(H,15,16). The van der Waals surface area contributed by atoms with Gasteiger partial charge in [-0.3, -0.25) is 4.79 Å². The summed E-state index contributed by atoms with van der Waals surface area (Å²) in [4.78, 5) is 17.3. The van der Waals surface area contributed by atoms with E-state index in [-0.39, 0.29) is 5.56 Å². The smallest absolute Gasteiger partial charge is 0.167 e. The Morgan fingerprint density at radius 1 is 1.53 bits per heavy atom. The molecule has 2 rings (SSSR count). The molecule has 0 fully saturated rings. The molecule has 5 heteroatoms. The van der Waals surface area contributed by atoms with Crippen LogP contribution in [-0.2, 0) is 6.42 Å². The van der Waals surface area contributed by atoms with Gasteiger partial charge in [-0.15, -0.1) is 0 Å². The van der Waals surface area contributed by atoms with E-state index in [1.165, 1.54) is 18.3 Å². The summed E-state index contributed by atoms with van der Waals surface area (Å²) in [6.45, 7) is 0. The molecular weight excluding hydrogens is 221 g/mol. The molecule has 0 bridgehead atoms. The molecule has 0 atom stereocenters. The van der Waals surface area contributed by atoms with Crippen LogP contribution in [0, 0.1) is 17.1 Å². The van der Waals surface area contributed by atoms with Crippen LogP contribution in [0.25, 0.3) is 0 Å². The van der Waals surface area contributed by atoms with E-state index in [2.05, 4.69) is 9.97 Å². The molecule has 84 valence electrons. The summed E-state index contributed by atoms with van der Waals surface area (Å²) < 4.78 is 13.1. The largest absolute Gasteiger partial charge is 0.340 e. The van der Waals surface area contributed by atoms with Crippen molar-refractivity contribution in [2.24, 2.45) is 0 Å². The molecule has 2 aromatic rings. The van der Waals surface area contributed by atoms with Crippen molar-refractivity contribution in [2.75, 3.05) is 0 Å². The van der Waals surface area contributed by atoms with Gasteiger partial charge < -0.3 is 4.98 Å². The van der Waals surface area contributed by atoms with Crippen LogP contribution in [0.4, 0.5) is 4.39 Å². The van der Waals surface area contributed by atoms with Crippen LogP contribution in [0.3, 0.4) is 0 Å². The number of aldehydes is 1. The first-order valence-corrected chi connectivity index (χ1v) is 4.90. The molecule has 1 aromatic heterocycles. The number of nitriles is 1. The van der Waals surface area contributed by atoms with Gasteiger partial charge in [0.05, 0.1) is 17.5 Å². The average molecular weight is 229 g/mol. The van der Waals surface area contributed by atoms with Crippen molar-refractivity contribution >= 4 is 6.29 Å². The number of imidazole rings is 1. The summed E-state index contributed by atoms with van der Waals surface area (Å²) in [7, 11) is 0. The van der Waals surface area contributed by atoms with Crippen LogP contribution < -0.4 is 0 Å². The minimum atomic E-state index is -0.538. The van der Waals surface area contributed by atoms with Gasteiger partial charge in [0.2, 0.25) is 0 Å². The highest BCUT2D eigenvalue weighted by Gasteiger charge is 2.05. The molecule has 0 amide bonds. The van der Waals surface area contributed by atoms with Gasteiger partial charge in [-0.05, 0) is 17.7 Å². The molecule has 0 saturated heterocycles. The van der Waals surface area contributed by atoms with Crippen LogP contribution in [0.15, 0.2) is 24.4 Å². The summed E-state index contributed by atoms with van der Waals surface area (Å²) in [5, 5.41) is 8.69. The molecule has 1 heterocycles. The van der Waals surface area contributed by atoms with Gasteiger partial charge in [0, 0.05) is 6.42 Å². The van der Waals surface area contributed by atoms with E-state index in [4.69, 9.17) is 5.26 Å². The van der Waals surface area contributed by atoms with Crippen molar-refractivity contribution in [2.45, 2.75) is 6.42 Å². The van der Waals surface area contributed by atoms with Gasteiger partial charge in [-0.25, -0.2) is 9.37 Å².